The maximum absolute atomic E-state index is 12.8. The fraction of sp³-hybridized carbons (Fsp3) is 0.143. The second kappa shape index (κ2) is 2.85. The Morgan fingerprint density at radius 2 is 2.36 bits per heavy atom. The summed E-state index contributed by atoms with van der Waals surface area (Å²) in [6.07, 6.45) is 1.25. The van der Waals surface area contributed by atoms with Crippen molar-refractivity contribution in [3.8, 4) is 6.07 Å². The molecule has 0 spiro atoms. The minimum Gasteiger partial charge on any atom is -0.240 e. The van der Waals surface area contributed by atoms with Crippen molar-refractivity contribution in [3.63, 3.8) is 0 Å². The molecule has 1 heterocycles. The third kappa shape index (κ3) is 1.31. The molecule has 0 N–H and O–H groups in total. The summed E-state index contributed by atoms with van der Waals surface area (Å²) in [5.74, 6) is -0.620. The zero-order valence-corrected chi connectivity index (χ0v) is 6.48. The van der Waals surface area contributed by atoms with E-state index in [0.29, 0.717) is 0 Å². The van der Waals surface area contributed by atoms with E-state index in [1.54, 1.807) is 6.07 Å². The highest BCUT2D eigenvalue weighted by atomic mass is 35.5. The third-order valence-electron chi connectivity index (χ3n) is 1.34. The van der Waals surface area contributed by atoms with Crippen molar-refractivity contribution in [1.29, 1.82) is 5.26 Å². The summed E-state index contributed by atoms with van der Waals surface area (Å²) in [5, 5.41) is 8.24. The number of nitrogens with zero attached hydrogens (tertiary/aromatic N) is 2. The lowest BCUT2D eigenvalue weighted by molar-refractivity contribution is 0.611. The van der Waals surface area contributed by atoms with Crippen molar-refractivity contribution in [2.45, 2.75) is 6.92 Å². The van der Waals surface area contributed by atoms with E-state index in [0.717, 1.165) is 0 Å². The van der Waals surface area contributed by atoms with Crippen LogP contribution in [0.3, 0.4) is 0 Å². The number of hydrogen-bond donors (Lipinski definition) is 0. The summed E-state index contributed by atoms with van der Waals surface area (Å²) < 4.78 is 12.8. The number of nitriles is 1. The van der Waals surface area contributed by atoms with E-state index in [2.05, 4.69) is 4.98 Å². The molecule has 0 aliphatic carbocycles. The number of hydrogen-bond acceptors (Lipinski definition) is 2. The van der Waals surface area contributed by atoms with E-state index in [1.807, 2.05) is 0 Å². The van der Waals surface area contributed by atoms with Crippen LogP contribution in [-0.4, -0.2) is 4.98 Å². The Bertz CT molecular complexity index is 330. The molecular weight excluding hydrogens is 167 g/mol. The van der Waals surface area contributed by atoms with Gasteiger partial charge in [0, 0.05) is 11.8 Å². The zero-order valence-electron chi connectivity index (χ0n) is 5.73. The van der Waals surface area contributed by atoms with Gasteiger partial charge in [0.15, 0.2) is 11.0 Å². The van der Waals surface area contributed by atoms with Crippen molar-refractivity contribution in [2.24, 2.45) is 0 Å². The van der Waals surface area contributed by atoms with E-state index in [1.165, 1.54) is 13.1 Å². The summed E-state index contributed by atoms with van der Waals surface area (Å²) in [6.45, 7) is 1.49. The van der Waals surface area contributed by atoms with Crippen LogP contribution in [-0.2, 0) is 0 Å². The SMILES string of the molecule is Cc1c(C#N)cnc(Cl)c1F. The van der Waals surface area contributed by atoms with Gasteiger partial charge in [-0.3, -0.25) is 0 Å². The number of aromatic nitrogens is 1. The Morgan fingerprint density at radius 3 is 2.91 bits per heavy atom. The highest BCUT2D eigenvalue weighted by molar-refractivity contribution is 6.29. The first kappa shape index (κ1) is 7.96. The number of rotatable bonds is 0. The van der Waals surface area contributed by atoms with Crippen molar-refractivity contribution in [1.82, 2.24) is 4.98 Å². The van der Waals surface area contributed by atoms with Gasteiger partial charge in [-0.25, -0.2) is 9.37 Å². The predicted octanol–water partition coefficient (Wildman–Crippen LogP) is 2.05. The molecule has 56 valence electrons. The molecule has 0 unspecified atom stereocenters. The van der Waals surface area contributed by atoms with Crippen molar-refractivity contribution in [3.05, 3.63) is 28.3 Å². The van der Waals surface area contributed by atoms with Crippen LogP contribution in [0, 0.1) is 24.1 Å². The molecule has 1 rings (SSSR count). The molecule has 0 saturated carbocycles. The van der Waals surface area contributed by atoms with E-state index >= 15 is 0 Å². The topological polar surface area (TPSA) is 36.7 Å². The van der Waals surface area contributed by atoms with Crippen LogP contribution in [0.25, 0.3) is 0 Å². The van der Waals surface area contributed by atoms with Gasteiger partial charge in [-0.1, -0.05) is 11.6 Å². The van der Waals surface area contributed by atoms with Crippen LogP contribution in [0.2, 0.25) is 5.15 Å². The average molecular weight is 171 g/mol. The fourth-order valence-electron chi connectivity index (χ4n) is 0.660. The minimum absolute atomic E-state index is 0.193. The van der Waals surface area contributed by atoms with E-state index in [9.17, 15) is 4.39 Å². The zero-order chi connectivity index (χ0) is 8.43. The van der Waals surface area contributed by atoms with E-state index < -0.39 is 5.82 Å². The molecule has 1 aromatic rings. The second-order valence-electron chi connectivity index (χ2n) is 2.01. The van der Waals surface area contributed by atoms with Gasteiger partial charge in [-0.15, -0.1) is 0 Å². The Hall–Kier alpha value is -1.14. The Kier molecular flexibility index (Phi) is 2.06. The molecule has 0 amide bonds. The highest BCUT2D eigenvalue weighted by Gasteiger charge is 2.07. The molecule has 0 fully saturated rings. The summed E-state index contributed by atoms with van der Waals surface area (Å²) in [7, 11) is 0. The van der Waals surface area contributed by atoms with Crippen LogP contribution in [0.4, 0.5) is 4.39 Å². The molecule has 11 heavy (non-hydrogen) atoms. The smallest absolute Gasteiger partial charge is 0.165 e. The molecular formula is C7H4ClFN2. The van der Waals surface area contributed by atoms with Gasteiger partial charge >= 0.3 is 0 Å². The summed E-state index contributed by atoms with van der Waals surface area (Å²) in [6, 6.07) is 1.80. The lowest BCUT2D eigenvalue weighted by Gasteiger charge is -1.98. The maximum Gasteiger partial charge on any atom is 0.165 e. The lowest BCUT2D eigenvalue weighted by Crippen LogP contribution is -1.91. The molecule has 1 aromatic heterocycles. The molecule has 0 aromatic carbocycles. The van der Waals surface area contributed by atoms with Gasteiger partial charge in [-0.05, 0) is 6.92 Å². The number of pyridine rings is 1. The van der Waals surface area contributed by atoms with Crippen molar-refractivity contribution in [2.75, 3.05) is 0 Å². The molecule has 0 radical (unpaired) electrons. The first-order valence-corrected chi connectivity index (χ1v) is 3.25. The van der Waals surface area contributed by atoms with Gasteiger partial charge < -0.3 is 0 Å². The van der Waals surface area contributed by atoms with Crippen LogP contribution in [0.1, 0.15) is 11.1 Å². The van der Waals surface area contributed by atoms with Crippen molar-refractivity contribution < 1.29 is 4.39 Å². The normalized spacial score (nSPS) is 9.27. The maximum atomic E-state index is 12.8. The second-order valence-corrected chi connectivity index (χ2v) is 2.37. The van der Waals surface area contributed by atoms with Crippen LogP contribution in [0.5, 0.6) is 0 Å². The first-order chi connectivity index (χ1) is 5.16. The average Bonchev–Trinajstić information content (AvgIpc) is 2.01. The summed E-state index contributed by atoms with van der Waals surface area (Å²) in [5.41, 5.74) is 0.458. The molecule has 0 bridgehead atoms. The lowest BCUT2D eigenvalue weighted by atomic mass is 10.2. The largest absolute Gasteiger partial charge is 0.240 e. The Labute approximate surface area is 68.2 Å². The standard InChI is InChI=1S/C7H4ClFN2/c1-4-5(2-10)3-11-7(8)6(4)9/h3H,1H3. The van der Waals surface area contributed by atoms with Gasteiger partial charge in [0.2, 0.25) is 0 Å². The van der Waals surface area contributed by atoms with Crippen LogP contribution < -0.4 is 0 Å². The molecule has 0 aliphatic heterocycles. The van der Waals surface area contributed by atoms with Crippen molar-refractivity contribution >= 4 is 11.6 Å². The summed E-state index contributed by atoms with van der Waals surface area (Å²) in [4.78, 5) is 3.48. The van der Waals surface area contributed by atoms with Gasteiger partial charge in [-0.2, -0.15) is 5.26 Å². The third-order valence-corrected chi connectivity index (χ3v) is 1.61. The van der Waals surface area contributed by atoms with Crippen LogP contribution >= 0.6 is 11.6 Å². The quantitative estimate of drug-likeness (QED) is 0.559. The fourth-order valence-corrected chi connectivity index (χ4v) is 0.851. The summed E-state index contributed by atoms with van der Waals surface area (Å²) >= 11 is 5.35. The Morgan fingerprint density at radius 1 is 1.73 bits per heavy atom. The predicted molar refractivity (Wildman–Crippen MR) is 38.7 cm³/mol. The van der Waals surface area contributed by atoms with E-state index in [-0.39, 0.29) is 16.3 Å². The van der Waals surface area contributed by atoms with Crippen LogP contribution in [0.15, 0.2) is 6.20 Å². The highest BCUT2D eigenvalue weighted by Crippen LogP contribution is 2.17. The van der Waals surface area contributed by atoms with Gasteiger partial charge in [0.1, 0.15) is 6.07 Å². The van der Waals surface area contributed by atoms with Gasteiger partial charge in [0.25, 0.3) is 0 Å². The molecule has 0 saturated heterocycles. The first-order valence-electron chi connectivity index (χ1n) is 2.87. The number of halogens is 2. The monoisotopic (exact) mass is 170 g/mol. The molecule has 4 heteroatoms. The molecule has 0 atom stereocenters. The van der Waals surface area contributed by atoms with Gasteiger partial charge in [0.05, 0.1) is 5.56 Å². The minimum atomic E-state index is -0.620. The molecule has 2 nitrogen and oxygen atoms in total. The Balaban J connectivity index is 3.40. The van der Waals surface area contributed by atoms with E-state index in [4.69, 9.17) is 16.9 Å². The molecule has 0 aliphatic rings.